The molecule has 0 saturated carbocycles. The van der Waals surface area contributed by atoms with E-state index in [1.807, 2.05) is 36.4 Å². The van der Waals surface area contributed by atoms with Crippen molar-refractivity contribution in [2.75, 3.05) is 37.0 Å². The summed E-state index contributed by atoms with van der Waals surface area (Å²) in [5.74, 6) is 1.23. The van der Waals surface area contributed by atoms with Crippen LogP contribution in [0.2, 0.25) is 5.02 Å². The fourth-order valence-electron chi connectivity index (χ4n) is 2.58. The Morgan fingerprint density at radius 1 is 1.24 bits per heavy atom. The average molecular weight is 378 g/mol. The van der Waals surface area contributed by atoms with Gasteiger partial charge in [0, 0.05) is 36.3 Å². The zero-order valence-electron chi connectivity index (χ0n) is 13.8. The summed E-state index contributed by atoms with van der Waals surface area (Å²) in [6, 6.07) is 11.4. The van der Waals surface area contributed by atoms with E-state index in [-0.39, 0.29) is 5.91 Å². The minimum atomic E-state index is -0.0262. The molecule has 1 N–H and O–H groups in total. The third-order valence-corrected chi connectivity index (χ3v) is 5.36. The van der Waals surface area contributed by atoms with Gasteiger partial charge in [-0.1, -0.05) is 29.8 Å². The number of aromatic nitrogens is 1. The first-order chi connectivity index (χ1) is 12.2. The highest BCUT2D eigenvalue weighted by Crippen LogP contribution is 2.26. The predicted molar refractivity (Wildman–Crippen MR) is 101 cm³/mol. The number of benzene rings is 1. The Bertz CT molecular complexity index is 723. The van der Waals surface area contributed by atoms with E-state index in [0.717, 1.165) is 29.4 Å². The number of carbonyl (C=O) groups is 1. The van der Waals surface area contributed by atoms with Crippen LogP contribution in [0.25, 0.3) is 0 Å². The molecular weight excluding hydrogens is 358 g/mol. The molecule has 3 rings (SSSR count). The number of ether oxygens (including phenoxy) is 1. The lowest BCUT2D eigenvalue weighted by atomic mass is 10.2. The molecule has 1 saturated heterocycles. The summed E-state index contributed by atoms with van der Waals surface area (Å²) < 4.78 is 5.39. The molecule has 1 aliphatic heterocycles. The number of hydrogen-bond donors (Lipinski definition) is 1. The van der Waals surface area contributed by atoms with Gasteiger partial charge in [-0.05, 0) is 18.2 Å². The topological polar surface area (TPSA) is 54.5 Å². The van der Waals surface area contributed by atoms with Gasteiger partial charge in [-0.3, -0.25) is 4.79 Å². The van der Waals surface area contributed by atoms with Gasteiger partial charge in [-0.25, -0.2) is 4.98 Å². The van der Waals surface area contributed by atoms with Crippen LogP contribution in [0, 0.1) is 0 Å². The van der Waals surface area contributed by atoms with Gasteiger partial charge in [0.15, 0.2) is 0 Å². The lowest BCUT2D eigenvalue weighted by Gasteiger charge is -2.29. The van der Waals surface area contributed by atoms with E-state index >= 15 is 0 Å². The van der Waals surface area contributed by atoms with Gasteiger partial charge in [0.05, 0.1) is 24.0 Å². The van der Waals surface area contributed by atoms with Crippen LogP contribution >= 0.6 is 23.4 Å². The van der Waals surface area contributed by atoms with Crippen LogP contribution < -0.4 is 10.2 Å². The first-order valence-electron chi connectivity index (χ1n) is 8.14. The monoisotopic (exact) mass is 377 g/mol. The number of carbonyl (C=O) groups excluding carboxylic acids is 1. The van der Waals surface area contributed by atoms with Crippen LogP contribution in [0.5, 0.6) is 0 Å². The molecule has 1 aromatic heterocycles. The highest BCUT2D eigenvalue weighted by Gasteiger charge is 2.16. The summed E-state index contributed by atoms with van der Waals surface area (Å²) in [6.07, 6.45) is 1.78. The molecule has 0 spiro atoms. The summed E-state index contributed by atoms with van der Waals surface area (Å²) >= 11 is 7.55. The second-order valence-electron chi connectivity index (χ2n) is 5.58. The van der Waals surface area contributed by atoms with E-state index in [4.69, 9.17) is 16.3 Å². The fourth-order valence-corrected chi connectivity index (χ4v) is 3.65. The smallest absolute Gasteiger partial charge is 0.230 e. The Morgan fingerprint density at radius 3 is 2.84 bits per heavy atom. The zero-order valence-corrected chi connectivity index (χ0v) is 15.4. The molecule has 0 aliphatic carbocycles. The minimum absolute atomic E-state index is 0.0262. The first-order valence-corrected chi connectivity index (χ1v) is 9.51. The molecule has 25 heavy (non-hydrogen) atoms. The highest BCUT2D eigenvalue weighted by molar-refractivity contribution is 8.00. The van der Waals surface area contributed by atoms with Crippen molar-refractivity contribution in [3.63, 3.8) is 0 Å². The molecule has 0 bridgehead atoms. The SMILES string of the molecule is O=C(CSc1ccccc1Cl)NCc1cccnc1N1CCOCC1. The summed E-state index contributed by atoms with van der Waals surface area (Å²) in [4.78, 5) is 19.8. The van der Waals surface area contributed by atoms with Crippen LogP contribution in [0.1, 0.15) is 5.56 Å². The maximum Gasteiger partial charge on any atom is 0.230 e. The number of nitrogens with one attached hydrogen (secondary N) is 1. The van der Waals surface area contributed by atoms with Crippen molar-refractivity contribution in [2.45, 2.75) is 11.4 Å². The Morgan fingerprint density at radius 2 is 2.04 bits per heavy atom. The number of rotatable bonds is 6. The lowest BCUT2D eigenvalue weighted by molar-refractivity contribution is -0.118. The van der Waals surface area contributed by atoms with Gasteiger partial charge in [-0.2, -0.15) is 0 Å². The van der Waals surface area contributed by atoms with E-state index in [9.17, 15) is 4.79 Å². The van der Waals surface area contributed by atoms with Gasteiger partial charge in [0.1, 0.15) is 5.82 Å². The van der Waals surface area contributed by atoms with Gasteiger partial charge in [0.25, 0.3) is 0 Å². The number of halogens is 1. The number of morpholine rings is 1. The van der Waals surface area contributed by atoms with E-state index in [0.29, 0.717) is 30.5 Å². The molecule has 2 aromatic rings. The number of anilines is 1. The third kappa shape index (κ3) is 5.11. The Balaban J connectivity index is 1.54. The van der Waals surface area contributed by atoms with Crippen molar-refractivity contribution >= 4 is 35.1 Å². The molecule has 7 heteroatoms. The third-order valence-electron chi connectivity index (χ3n) is 3.85. The van der Waals surface area contributed by atoms with Crippen molar-refractivity contribution in [1.82, 2.24) is 10.3 Å². The molecule has 1 aliphatic rings. The molecule has 1 fully saturated rings. The second-order valence-corrected chi connectivity index (χ2v) is 7.01. The Labute approximate surface area is 156 Å². The largest absolute Gasteiger partial charge is 0.378 e. The molecule has 0 atom stereocenters. The van der Waals surface area contributed by atoms with Gasteiger partial charge < -0.3 is 15.0 Å². The Kier molecular flexibility index (Phi) is 6.55. The molecule has 1 aromatic carbocycles. The number of nitrogens with zero attached hydrogens (tertiary/aromatic N) is 2. The minimum Gasteiger partial charge on any atom is -0.378 e. The van der Waals surface area contributed by atoms with E-state index in [2.05, 4.69) is 15.2 Å². The number of thioether (sulfide) groups is 1. The summed E-state index contributed by atoms with van der Waals surface area (Å²) in [5, 5.41) is 3.64. The van der Waals surface area contributed by atoms with Crippen molar-refractivity contribution in [3.8, 4) is 0 Å². The highest BCUT2D eigenvalue weighted by atomic mass is 35.5. The average Bonchev–Trinajstić information content (AvgIpc) is 2.66. The maximum atomic E-state index is 12.2. The van der Waals surface area contributed by atoms with Crippen molar-refractivity contribution in [2.24, 2.45) is 0 Å². The van der Waals surface area contributed by atoms with Crippen molar-refractivity contribution in [1.29, 1.82) is 0 Å². The number of hydrogen-bond acceptors (Lipinski definition) is 5. The van der Waals surface area contributed by atoms with Gasteiger partial charge >= 0.3 is 0 Å². The maximum absolute atomic E-state index is 12.2. The Hall–Kier alpha value is -1.76. The fraction of sp³-hybridized carbons (Fsp3) is 0.333. The molecule has 0 radical (unpaired) electrons. The molecule has 5 nitrogen and oxygen atoms in total. The van der Waals surface area contributed by atoms with Gasteiger partial charge in [0.2, 0.25) is 5.91 Å². The van der Waals surface area contributed by atoms with Crippen LogP contribution in [-0.4, -0.2) is 42.9 Å². The molecule has 1 amide bonds. The second kappa shape index (κ2) is 9.08. The van der Waals surface area contributed by atoms with Crippen LogP contribution in [0.3, 0.4) is 0 Å². The summed E-state index contributed by atoms with van der Waals surface area (Å²) in [5.41, 5.74) is 1.01. The first kappa shape index (κ1) is 18.0. The van der Waals surface area contributed by atoms with E-state index in [1.54, 1.807) is 6.20 Å². The normalized spacial score (nSPS) is 14.4. The summed E-state index contributed by atoms with van der Waals surface area (Å²) in [6.45, 7) is 3.51. The zero-order chi connectivity index (χ0) is 17.5. The molecule has 2 heterocycles. The van der Waals surface area contributed by atoms with Crippen LogP contribution in [-0.2, 0) is 16.1 Å². The van der Waals surface area contributed by atoms with Crippen LogP contribution in [0.4, 0.5) is 5.82 Å². The predicted octanol–water partition coefficient (Wildman–Crippen LogP) is 2.98. The summed E-state index contributed by atoms with van der Waals surface area (Å²) in [7, 11) is 0. The van der Waals surface area contributed by atoms with E-state index < -0.39 is 0 Å². The molecular formula is C18H20ClN3O2S. The number of pyridine rings is 1. The van der Waals surface area contributed by atoms with Crippen LogP contribution in [0.15, 0.2) is 47.5 Å². The quantitative estimate of drug-likeness (QED) is 0.784. The van der Waals surface area contributed by atoms with Gasteiger partial charge in [-0.15, -0.1) is 11.8 Å². The molecule has 132 valence electrons. The van der Waals surface area contributed by atoms with E-state index in [1.165, 1.54) is 11.8 Å². The lowest BCUT2D eigenvalue weighted by Crippen LogP contribution is -2.38. The van der Waals surface area contributed by atoms with Crippen molar-refractivity contribution < 1.29 is 9.53 Å². The molecule has 0 unspecified atom stereocenters. The van der Waals surface area contributed by atoms with Crippen molar-refractivity contribution in [3.05, 3.63) is 53.2 Å². The standard InChI is InChI=1S/C18H20ClN3O2S/c19-15-5-1-2-6-16(15)25-13-17(23)21-12-14-4-3-7-20-18(14)22-8-10-24-11-9-22/h1-7H,8-13H2,(H,21,23). The number of amides is 1.